The van der Waals surface area contributed by atoms with Crippen molar-refractivity contribution >= 4 is 5.91 Å². The third-order valence-electron chi connectivity index (χ3n) is 3.02. The number of aliphatic hydroxyl groups is 1. The van der Waals surface area contributed by atoms with E-state index in [4.69, 9.17) is 14.2 Å². The molecule has 0 aliphatic heterocycles. The van der Waals surface area contributed by atoms with E-state index in [1.165, 1.54) is 21.3 Å². The van der Waals surface area contributed by atoms with Crippen LogP contribution < -0.4 is 19.5 Å². The molecule has 0 heterocycles. The first-order valence-electron chi connectivity index (χ1n) is 6.71. The lowest BCUT2D eigenvalue weighted by atomic mass is 10.1. The monoisotopic (exact) mass is 297 g/mol. The van der Waals surface area contributed by atoms with Gasteiger partial charge in [0.25, 0.3) is 5.91 Å². The molecule has 1 aromatic carbocycles. The Bertz CT molecular complexity index is 487. The number of amides is 1. The summed E-state index contributed by atoms with van der Waals surface area (Å²) >= 11 is 0. The molecule has 0 fully saturated rings. The molecule has 1 amide bonds. The third-order valence-corrected chi connectivity index (χ3v) is 3.02. The van der Waals surface area contributed by atoms with Gasteiger partial charge in [-0.15, -0.1) is 0 Å². The van der Waals surface area contributed by atoms with Crippen LogP contribution >= 0.6 is 0 Å². The van der Waals surface area contributed by atoms with Crippen LogP contribution in [0.4, 0.5) is 0 Å². The average molecular weight is 297 g/mol. The van der Waals surface area contributed by atoms with Crippen LogP contribution in [-0.4, -0.2) is 44.5 Å². The van der Waals surface area contributed by atoms with Crippen LogP contribution in [0.1, 0.15) is 30.6 Å². The topological polar surface area (TPSA) is 77.0 Å². The highest BCUT2D eigenvalue weighted by molar-refractivity contribution is 5.98. The van der Waals surface area contributed by atoms with Crippen LogP contribution in [0.25, 0.3) is 0 Å². The smallest absolute Gasteiger partial charge is 0.255 e. The van der Waals surface area contributed by atoms with Crippen LogP contribution in [0.5, 0.6) is 17.2 Å². The predicted octanol–water partition coefficient (Wildman–Crippen LogP) is 1.60. The van der Waals surface area contributed by atoms with Crippen LogP contribution in [0.15, 0.2) is 12.1 Å². The first kappa shape index (κ1) is 17.1. The molecule has 2 atom stereocenters. The first-order chi connectivity index (χ1) is 9.92. The van der Waals surface area contributed by atoms with Crippen LogP contribution in [0, 0.1) is 0 Å². The molecule has 1 rings (SSSR count). The summed E-state index contributed by atoms with van der Waals surface area (Å²) in [6.45, 7) is 3.51. The van der Waals surface area contributed by atoms with Gasteiger partial charge in [0.15, 0.2) is 11.5 Å². The summed E-state index contributed by atoms with van der Waals surface area (Å²) in [4.78, 5) is 12.3. The Balaban J connectivity index is 3.02. The van der Waals surface area contributed by atoms with Crippen LogP contribution in [-0.2, 0) is 0 Å². The van der Waals surface area contributed by atoms with E-state index in [1.807, 2.05) is 6.92 Å². The zero-order valence-corrected chi connectivity index (χ0v) is 13.1. The minimum atomic E-state index is -0.479. The summed E-state index contributed by atoms with van der Waals surface area (Å²) in [6.07, 6.45) is -0.00552. The van der Waals surface area contributed by atoms with E-state index in [1.54, 1.807) is 19.1 Å². The molecular weight excluding hydrogens is 274 g/mol. The van der Waals surface area contributed by atoms with Crippen molar-refractivity contribution in [3.05, 3.63) is 17.7 Å². The van der Waals surface area contributed by atoms with Gasteiger partial charge in [-0.3, -0.25) is 4.79 Å². The van der Waals surface area contributed by atoms with E-state index < -0.39 is 6.10 Å². The molecule has 118 valence electrons. The normalized spacial score (nSPS) is 13.2. The maximum absolute atomic E-state index is 12.3. The number of aliphatic hydroxyl groups excluding tert-OH is 1. The Morgan fingerprint density at radius 2 is 1.62 bits per heavy atom. The summed E-state index contributed by atoms with van der Waals surface area (Å²) in [5.41, 5.74) is 0.354. The molecule has 0 radical (unpaired) electrons. The fourth-order valence-corrected chi connectivity index (χ4v) is 2.08. The molecule has 0 bridgehead atoms. The van der Waals surface area contributed by atoms with Gasteiger partial charge in [0.05, 0.1) is 33.0 Å². The second-order valence-corrected chi connectivity index (χ2v) is 4.87. The Hall–Kier alpha value is -1.95. The zero-order valence-electron chi connectivity index (χ0n) is 13.1. The van der Waals surface area contributed by atoms with Gasteiger partial charge < -0.3 is 24.6 Å². The second-order valence-electron chi connectivity index (χ2n) is 4.87. The molecule has 0 unspecified atom stereocenters. The molecule has 1 aromatic rings. The SMILES string of the molecule is COc1cc(OC)c(C(=O)N[C@@H](C)C[C@@H](C)O)cc1OC. The van der Waals surface area contributed by atoms with E-state index in [2.05, 4.69) is 5.32 Å². The van der Waals surface area contributed by atoms with Crippen molar-refractivity contribution in [2.75, 3.05) is 21.3 Å². The van der Waals surface area contributed by atoms with Crippen molar-refractivity contribution in [2.24, 2.45) is 0 Å². The molecule has 6 nitrogen and oxygen atoms in total. The number of rotatable bonds is 7. The van der Waals surface area contributed by atoms with Crippen LogP contribution in [0.3, 0.4) is 0 Å². The number of nitrogens with one attached hydrogen (secondary N) is 1. The molecule has 0 saturated carbocycles. The van der Waals surface area contributed by atoms with Gasteiger partial charge in [0, 0.05) is 18.2 Å². The van der Waals surface area contributed by atoms with Gasteiger partial charge in [0.2, 0.25) is 0 Å². The molecule has 0 spiro atoms. The lowest BCUT2D eigenvalue weighted by molar-refractivity contribution is 0.0919. The number of ether oxygens (including phenoxy) is 3. The lowest BCUT2D eigenvalue weighted by Crippen LogP contribution is -2.34. The number of hydrogen-bond donors (Lipinski definition) is 2. The predicted molar refractivity (Wildman–Crippen MR) is 79.3 cm³/mol. The van der Waals surface area contributed by atoms with Crippen molar-refractivity contribution in [2.45, 2.75) is 32.4 Å². The molecule has 2 N–H and O–H groups in total. The fraction of sp³-hybridized carbons (Fsp3) is 0.533. The summed E-state index contributed by atoms with van der Waals surface area (Å²) in [5.74, 6) is 1.05. The highest BCUT2D eigenvalue weighted by Crippen LogP contribution is 2.34. The van der Waals surface area contributed by atoms with Gasteiger partial charge in [-0.05, 0) is 20.3 Å². The fourth-order valence-electron chi connectivity index (χ4n) is 2.08. The summed E-state index contributed by atoms with van der Waals surface area (Å²) in [5, 5.41) is 12.2. The van der Waals surface area contributed by atoms with Crippen molar-refractivity contribution in [1.82, 2.24) is 5.32 Å². The third kappa shape index (κ3) is 4.53. The van der Waals surface area contributed by atoms with Crippen molar-refractivity contribution in [3.8, 4) is 17.2 Å². The lowest BCUT2D eigenvalue weighted by Gasteiger charge is -2.18. The van der Waals surface area contributed by atoms with Crippen LogP contribution in [0.2, 0.25) is 0 Å². The van der Waals surface area contributed by atoms with E-state index in [0.717, 1.165) is 0 Å². The zero-order chi connectivity index (χ0) is 16.0. The second kappa shape index (κ2) is 7.73. The Labute approximate surface area is 125 Å². The number of methoxy groups -OCH3 is 3. The van der Waals surface area contributed by atoms with Gasteiger partial charge in [-0.1, -0.05) is 0 Å². The number of benzene rings is 1. The summed E-state index contributed by atoms with van der Waals surface area (Å²) < 4.78 is 15.6. The molecular formula is C15H23NO5. The van der Waals surface area contributed by atoms with Gasteiger partial charge in [0.1, 0.15) is 5.75 Å². The quantitative estimate of drug-likeness (QED) is 0.799. The van der Waals surface area contributed by atoms with E-state index in [-0.39, 0.29) is 11.9 Å². The maximum atomic E-state index is 12.3. The molecule has 21 heavy (non-hydrogen) atoms. The first-order valence-corrected chi connectivity index (χ1v) is 6.71. The highest BCUT2D eigenvalue weighted by Gasteiger charge is 2.19. The minimum absolute atomic E-state index is 0.157. The van der Waals surface area contributed by atoms with E-state index in [9.17, 15) is 9.90 Å². The van der Waals surface area contributed by atoms with E-state index in [0.29, 0.717) is 29.2 Å². The average Bonchev–Trinajstić information content (AvgIpc) is 2.44. The Kier molecular flexibility index (Phi) is 6.30. The summed E-state index contributed by atoms with van der Waals surface area (Å²) in [7, 11) is 4.50. The van der Waals surface area contributed by atoms with Gasteiger partial charge in [-0.25, -0.2) is 0 Å². The molecule has 0 saturated heterocycles. The van der Waals surface area contributed by atoms with Crippen molar-refractivity contribution in [3.63, 3.8) is 0 Å². The molecule has 6 heteroatoms. The largest absolute Gasteiger partial charge is 0.496 e. The maximum Gasteiger partial charge on any atom is 0.255 e. The molecule has 0 aliphatic carbocycles. The van der Waals surface area contributed by atoms with Crippen molar-refractivity contribution in [1.29, 1.82) is 0 Å². The Morgan fingerprint density at radius 1 is 1.10 bits per heavy atom. The number of carbonyl (C=O) groups is 1. The summed E-state index contributed by atoms with van der Waals surface area (Å²) in [6, 6.07) is 3.02. The van der Waals surface area contributed by atoms with Gasteiger partial charge in [-0.2, -0.15) is 0 Å². The van der Waals surface area contributed by atoms with E-state index >= 15 is 0 Å². The number of carbonyl (C=O) groups excluding carboxylic acids is 1. The Morgan fingerprint density at radius 3 is 2.10 bits per heavy atom. The number of hydrogen-bond acceptors (Lipinski definition) is 5. The molecule has 0 aromatic heterocycles. The standard InChI is InChI=1S/C15H23NO5/c1-9(6-10(2)17)16-15(18)11-7-13(20-4)14(21-5)8-12(11)19-3/h7-10,17H,6H2,1-5H3,(H,16,18)/t9-,10+/m0/s1. The minimum Gasteiger partial charge on any atom is -0.496 e. The highest BCUT2D eigenvalue weighted by atomic mass is 16.5. The molecule has 0 aliphatic rings. The van der Waals surface area contributed by atoms with Crippen molar-refractivity contribution < 1.29 is 24.1 Å². The van der Waals surface area contributed by atoms with Gasteiger partial charge >= 0.3 is 0 Å².